The lowest BCUT2D eigenvalue weighted by atomic mass is 10.1. The van der Waals surface area contributed by atoms with Gasteiger partial charge in [0.25, 0.3) is 11.8 Å². The SMILES string of the molecule is O=C1c2ccccc2C(=O)N1[C@@H]1C=CCCCC1. The number of carbonyl (C=O) groups is 2. The Morgan fingerprint density at radius 1 is 1.00 bits per heavy atom. The lowest BCUT2D eigenvalue weighted by molar-refractivity contribution is 0.0609. The fourth-order valence-corrected chi connectivity index (χ4v) is 2.69. The number of amides is 2. The number of allylic oxidation sites excluding steroid dienone is 1. The quantitative estimate of drug-likeness (QED) is 0.560. The van der Waals surface area contributed by atoms with Crippen LogP contribution < -0.4 is 0 Å². The summed E-state index contributed by atoms with van der Waals surface area (Å²) in [6, 6.07) is 7.00. The first-order valence-corrected chi connectivity index (χ1v) is 6.42. The van der Waals surface area contributed by atoms with Crippen molar-refractivity contribution in [2.24, 2.45) is 0 Å². The molecule has 1 aliphatic heterocycles. The summed E-state index contributed by atoms with van der Waals surface area (Å²) in [5.74, 6) is -0.292. The van der Waals surface area contributed by atoms with Gasteiger partial charge in [0.15, 0.2) is 0 Å². The van der Waals surface area contributed by atoms with Gasteiger partial charge in [-0.1, -0.05) is 30.7 Å². The van der Waals surface area contributed by atoms with Gasteiger partial charge in [0.05, 0.1) is 17.2 Å². The highest BCUT2D eigenvalue weighted by Gasteiger charge is 2.38. The van der Waals surface area contributed by atoms with E-state index in [1.807, 2.05) is 6.08 Å². The molecule has 3 nitrogen and oxygen atoms in total. The molecule has 2 amide bonds. The van der Waals surface area contributed by atoms with Crippen LogP contribution in [-0.4, -0.2) is 22.8 Å². The van der Waals surface area contributed by atoms with Crippen LogP contribution in [0.25, 0.3) is 0 Å². The van der Waals surface area contributed by atoms with Crippen LogP contribution in [0.1, 0.15) is 46.4 Å². The second kappa shape index (κ2) is 4.41. The van der Waals surface area contributed by atoms with E-state index in [0.717, 1.165) is 25.7 Å². The summed E-state index contributed by atoms with van der Waals surface area (Å²) >= 11 is 0. The molecule has 1 aromatic carbocycles. The summed E-state index contributed by atoms with van der Waals surface area (Å²) in [5, 5.41) is 0. The Hall–Kier alpha value is -1.90. The zero-order valence-corrected chi connectivity index (χ0v) is 10.1. The van der Waals surface area contributed by atoms with Crippen molar-refractivity contribution in [2.75, 3.05) is 0 Å². The zero-order chi connectivity index (χ0) is 12.5. The molecule has 0 N–H and O–H groups in total. The third-order valence-corrected chi connectivity index (χ3v) is 3.64. The standard InChI is InChI=1S/C15H15NO2/c17-14-12-9-5-6-10-13(12)15(18)16(14)11-7-3-1-2-4-8-11/h3,5-7,9-11H,1-2,4,8H2/t11-/m1/s1. The fraction of sp³-hybridized carbons (Fsp3) is 0.333. The van der Waals surface area contributed by atoms with Gasteiger partial charge in [0.2, 0.25) is 0 Å². The minimum absolute atomic E-state index is 0.0695. The molecule has 2 aliphatic rings. The molecule has 3 heteroatoms. The van der Waals surface area contributed by atoms with Crippen LogP contribution in [0.15, 0.2) is 36.4 Å². The van der Waals surface area contributed by atoms with E-state index in [-0.39, 0.29) is 17.9 Å². The first-order valence-electron chi connectivity index (χ1n) is 6.42. The molecule has 0 radical (unpaired) electrons. The molecule has 0 bridgehead atoms. The van der Waals surface area contributed by atoms with Crippen molar-refractivity contribution in [3.05, 3.63) is 47.5 Å². The molecule has 1 aromatic rings. The lowest BCUT2D eigenvalue weighted by Gasteiger charge is -2.22. The number of carbonyl (C=O) groups excluding carboxylic acids is 2. The highest BCUT2D eigenvalue weighted by Crippen LogP contribution is 2.27. The van der Waals surface area contributed by atoms with Crippen LogP contribution in [-0.2, 0) is 0 Å². The normalized spacial score (nSPS) is 23.1. The van der Waals surface area contributed by atoms with Gasteiger partial charge in [0.1, 0.15) is 0 Å². The molecule has 1 heterocycles. The first kappa shape index (κ1) is 11.2. The molecule has 0 fully saturated rings. The Kier molecular flexibility index (Phi) is 2.74. The van der Waals surface area contributed by atoms with Crippen LogP contribution in [0.4, 0.5) is 0 Å². The molecule has 0 saturated carbocycles. The second-order valence-corrected chi connectivity index (χ2v) is 4.81. The Labute approximate surface area is 106 Å². The van der Waals surface area contributed by atoms with Crippen molar-refractivity contribution in [1.82, 2.24) is 4.90 Å². The third-order valence-electron chi connectivity index (χ3n) is 3.64. The Bertz CT molecular complexity index is 498. The van der Waals surface area contributed by atoms with E-state index in [2.05, 4.69) is 6.08 Å². The molecule has 0 spiro atoms. The lowest BCUT2D eigenvalue weighted by Crippen LogP contribution is -2.38. The van der Waals surface area contributed by atoms with E-state index >= 15 is 0 Å². The van der Waals surface area contributed by atoms with E-state index < -0.39 is 0 Å². The van der Waals surface area contributed by atoms with Crippen molar-refractivity contribution in [3.8, 4) is 0 Å². The van der Waals surface area contributed by atoms with Crippen LogP contribution in [0.3, 0.4) is 0 Å². The van der Waals surface area contributed by atoms with Gasteiger partial charge in [-0.3, -0.25) is 14.5 Å². The molecule has 1 atom stereocenters. The van der Waals surface area contributed by atoms with Gasteiger partial charge in [0, 0.05) is 0 Å². The third kappa shape index (κ3) is 1.67. The van der Waals surface area contributed by atoms with Gasteiger partial charge < -0.3 is 0 Å². The molecule has 92 valence electrons. The monoisotopic (exact) mass is 241 g/mol. The topological polar surface area (TPSA) is 37.4 Å². The predicted octanol–water partition coefficient (Wildman–Crippen LogP) is 2.78. The summed E-state index contributed by atoms with van der Waals surface area (Å²) in [6.45, 7) is 0. The van der Waals surface area contributed by atoms with Crippen molar-refractivity contribution < 1.29 is 9.59 Å². The van der Waals surface area contributed by atoms with E-state index in [1.54, 1.807) is 24.3 Å². The van der Waals surface area contributed by atoms with Gasteiger partial charge >= 0.3 is 0 Å². The minimum Gasteiger partial charge on any atom is -0.269 e. The fourth-order valence-electron chi connectivity index (χ4n) is 2.69. The maximum absolute atomic E-state index is 12.3. The summed E-state index contributed by atoms with van der Waals surface area (Å²) in [5.41, 5.74) is 1.08. The molecule has 18 heavy (non-hydrogen) atoms. The number of rotatable bonds is 1. The smallest absolute Gasteiger partial charge is 0.262 e. The van der Waals surface area contributed by atoms with Crippen LogP contribution in [0, 0.1) is 0 Å². The maximum atomic E-state index is 12.3. The minimum atomic E-state index is -0.146. The molecule has 3 rings (SSSR count). The van der Waals surface area contributed by atoms with Gasteiger partial charge in [-0.15, -0.1) is 0 Å². The second-order valence-electron chi connectivity index (χ2n) is 4.81. The summed E-state index contributed by atoms with van der Waals surface area (Å²) < 4.78 is 0. The van der Waals surface area contributed by atoms with Crippen LogP contribution >= 0.6 is 0 Å². The van der Waals surface area contributed by atoms with Crippen molar-refractivity contribution in [1.29, 1.82) is 0 Å². The number of fused-ring (bicyclic) bond motifs is 1. The van der Waals surface area contributed by atoms with Gasteiger partial charge in [-0.25, -0.2) is 0 Å². The van der Waals surface area contributed by atoms with Gasteiger partial charge in [-0.05, 0) is 31.4 Å². The number of hydrogen-bond donors (Lipinski definition) is 0. The van der Waals surface area contributed by atoms with Crippen molar-refractivity contribution in [2.45, 2.75) is 31.7 Å². The highest BCUT2D eigenvalue weighted by atomic mass is 16.2. The van der Waals surface area contributed by atoms with Crippen molar-refractivity contribution >= 4 is 11.8 Å². The molecular weight excluding hydrogens is 226 g/mol. The van der Waals surface area contributed by atoms with E-state index in [9.17, 15) is 9.59 Å². The Morgan fingerprint density at radius 3 is 2.33 bits per heavy atom. The summed E-state index contributed by atoms with van der Waals surface area (Å²) in [6.07, 6.45) is 8.21. The molecule has 0 aromatic heterocycles. The number of hydrogen-bond acceptors (Lipinski definition) is 2. The van der Waals surface area contributed by atoms with E-state index in [4.69, 9.17) is 0 Å². The average molecular weight is 241 g/mol. The van der Waals surface area contributed by atoms with Crippen molar-refractivity contribution in [3.63, 3.8) is 0 Å². The number of nitrogens with zero attached hydrogens (tertiary/aromatic N) is 1. The predicted molar refractivity (Wildman–Crippen MR) is 68.3 cm³/mol. The Morgan fingerprint density at radius 2 is 1.67 bits per heavy atom. The average Bonchev–Trinajstić information content (AvgIpc) is 2.61. The molecule has 0 unspecified atom stereocenters. The zero-order valence-electron chi connectivity index (χ0n) is 10.1. The molecular formula is C15H15NO2. The molecule has 0 saturated heterocycles. The highest BCUT2D eigenvalue weighted by molar-refractivity contribution is 6.21. The number of imide groups is 1. The van der Waals surface area contributed by atoms with Gasteiger partial charge in [-0.2, -0.15) is 0 Å². The van der Waals surface area contributed by atoms with Crippen LogP contribution in [0.5, 0.6) is 0 Å². The summed E-state index contributed by atoms with van der Waals surface area (Å²) in [4.78, 5) is 26.0. The first-order chi connectivity index (χ1) is 8.79. The number of benzene rings is 1. The van der Waals surface area contributed by atoms with Crippen LogP contribution in [0.2, 0.25) is 0 Å². The largest absolute Gasteiger partial charge is 0.269 e. The van der Waals surface area contributed by atoms with E-state index in [0.29, 0.717) is 11.1 Å². The Balaban J connectivity index is 1.96. The molecule has 1 aliphatic carbocycles. The summed E-state index contributed by atoms with van der Waals surface area (Å²) in [7, 11) is 0. The maximum Gasteiger partial charge on any atom is 0.262 e. The van der Waals surface area contributed by atoms with E-state index in [1.165, 1.54) is 4.90 Å².